The molecule has 0 aliphatic carbocycles. The zero-order valence-electron chi connectivity index (χ0n) is 6.32. The molecular formula is C5H11ClFNO3S. The summed E-state index contributed by atoms with van der Waals surface area (Å²) in [6.45, 7) is 1.55. The molecule has 0 aromatic heterocycles. The van der Waals surface area contributed by atoms with Crippen LogP contribution >= 0.6 is 12.4 Å². The Bertz CT molecular complexity index is 215. The van der Waals surface area contributed by atoms with Crippen LogP contribution in [0.1, 0.15) is 0 Å². The molecule has 1 N–H and O–H groups in total. The Morgan fingerprint density at radius 3 is 2.67 bits per heavy atom. The Balaban J connectivity index is 0.00000121. The smallest absolute Gasteiger partial charge is 0.305 e. The van der Waals surface area contributed by atoms with Crippen molar-refractivity contribution in [3.8, 4) is 0 Å². The second-order valence-corrected chi connectivity index (χ2v) is 3.81. The van der Waals surface area contributed by atoms with Crippen molar-refractivity contribution in [1.82, 2.24) is 5.32 Å². The van der Waals surface area contributed by atoms with E-state index >= 15 is 0 Å². The molecule has 0 radical (unpaired) electrons. The second kappa shape index (κ2) is 4.96. The van der Waals surface area contributed by atoms with Crippen LogP contribution < -0.4 is 5.32 Å². The number of hydrogen-bond acceptors (Lipinski definition) is 4. The maximum atomic E-state index is 12.0. The topological polar surface area (TPSA) is 55.4 Å². The monoisotopic (exact) mass is 219 g/mol. The van der Waals surface area contributed by atoms with Crippen molar-refractivity contribution < 1.29 is 17.0 Å². The summed E-state index contributed by atoms with van der Waals surface area (Å²) in [5.74, 6) is -0.542. The normalized spacial score (nSPS) is 24.6. The molecule has 1 saturated heterocycles. The fourth-order valence-electron chi connectivity index (χ4n) is 0.949. The van der Waals surface area contributed by atoms with E-state index < -0.39 is 22.1 Å². The van der Waals surface area contributed by atoms with Gasteiger partial charge in [0, 0.05) is 13.1 Å². The highest BCUT2D eigenvalue weighted by atomic mass is 35.5. The Labute approximate surface area is 77.1 Å². The highest BCUT2D eigenvalue weighted by Gasteiger charge is 2.20. The zero-order chi connectivity index (χ0) is 8.32. The third-order valence-electron chi connectivity index (χ3n) is 1.39. The summed E-state index contributed by atoms with van der Waals surface area (Å²) in [6, 6.07) is 0. The third kappa shape index (κ3) is 4.87. The largest absolute Gasteiger partial charge is 0.374 e. The van der Waals surface area contributed by atoms with Gasteiger partial charge in [-0.2, -0.15) is 8.42 Å². The number of rotatable bonds is 2. The van der Waals surface area contributed by atoms with E-state index in [9.17, 15) is 12.3 Å². The van der Waals surface area contributed by atoms with Crippen LogP contribution in [0.15, 0.2) is 0 Å². The van der Waals surface area contributed by atoms with Gasteiger partial charge in [0.1, 0.15) is 5.75 Å². The van der Waals surface area contributed by atoms with Gasteiger partial charge in [-0.25, -0.2) is 0 Å². The molecule has 74 valence electrons. The SMILES string of the molecule is Cl.O=S(=O)(F)CC1CNCCO1. The van der Waals surface area contributed by atoms with Crippen molar-refractivity contribution >= 4 is 22.6 Å². The summed E-state index contributed by atoms with van der Waals surface area (Å²) in [6.07, 6.45) is -0.529. The van der Waals surface area contributed by atoms with Crippen LogP contribution in [-0.4, -0.2) is 40.0 Å². The lowest BCUT2D eigenvalue weighted by Crippen LogP contribution is -2.41. The van der Waals surface area contributed by atoms with Crippen molar-refractivity contribution in [3.63, 3.8) is 0 Å². The average Bonchev–Trinajstić information content (AvgIpc) is 1.85. The van der Waals surface area contributed by atoms with E-state index in [-0.39, 0.29) is 12.4 Å². The molecule has 7 heteroatoms. The predicted molar refractivity (Wildman–Crippen MR) is 44.8 cm³/mol. The highest BCUT2D eigenvalue weighted by Crippen LogP contribution is 2.01. The molecule has 0 saturated carbocycles. The first-order chi connectivity index (χ1) is 5.08. The average molecular weight is 220 g/mol. The molecule has 1 atom stereocenters. The number of hydrogen-bond donors (Lipinski definition) is 1. The lowest BCUT2D eigenvalue weighted by molar-refractivity contribution is 0.0425. The van der Waals surface area contributed by atoms with E-state index in [1.807, 2.05) is 0 Å². The van der Waals surface area contributed by atoms with E-state index in [1.165, 1.54) is 0 Å². The maximum Gasteiger partial charge on any atom is 0.305 e. The summed E-state index contributed by atoms with van der Waals surface area (Å²) in [5, 5.41) is 2.90. The van der Waals surface area contributed by atoms with Crippen LogP contribution in [0, 0.1) is 0 Å². The third-order valence-corrected chi connectivity index (χ3v) is 2.16. The second-order valence-electron chi connectivity index (χ2n) is 2.40. The minimum Gasteiger partial charge on any atom is -0.374 e. The molecule has 1 heterocycles. The molecule has 1 fully saturated rings. The van der Waals surface area contributed by atoms with E-state index in [4.69, 9.17) is 4.74 Å². The van der Waals surface area contributed by atoms with Crippen LogP contribution in [0.25, 0.3) is 0 Å². The van der Waals surface area contributed by atoms with Crippen molar-refractivity contribution in [2.24, 2.45) is 0 Å². The minimum atomic E-state index is -4.39. The summed E-state index contributed by atoms with van der Waals surface area (Å²) in [5.41, 5.74) is 0. The van der Waals surface area contributed by atoms with Gasteiger partial charge in [-0.15, -0.1) is 16.3 Å². The molecule has 0 amide bonds. The summed E-state index contributed by atoms with van der Waals surface area (Å²) < 4.78 is 37.3. The van der Waals surface area contributed by atoms with Crippen molar-refractivity contribution in [3.05, 3.63) is 0 Å². The number of halogens is 2. The van der Waals surface area contributed by atoms with Crippen molar-refractivity contribution in [2.75, 3.05) is 25.4 Å². The fraction of sp³-hybridized carbons (Fsp3) is 1.00. The molecule has 1 aliphatic heterocycles. The van der Waals surface area contributed by atoms with Gasteiger partial charge in [0.15, 0.2) is 0 Å². The maximum absolute atomic E-state index is 12.0. The minimum absolute atomic E-state index is 0. The first kappa shape index (κ1) is 12.1. The fourth-order valence-corrected chi connectivity index (χ4v) is 1.61. The van der Waals surface area contributed by atoms with Gasteiger partial charge in [0.25, 0.3) is 0 Å². The Morgan fingerprint density at radius 1 is 1.58 bits per heavy atom. The van der Waals surface area contributed by atoms with Gasteiger partial charge < -0.3 is 10.1 Å². The lowest BCUT2D eigenvalue weighted by atomic mass is 10.3. The molecule has 1 aliphatic rings. The van der Waals surface area contributed by atoms with Crippen LogP contribution in [0.3, 0.4) is 0 Å². The predicted octanol–water partition coefficient (Wildman–Crippen LogP) is -0.304. The molecule has 4 nitrogen and oxygen atoms in total. The van der Waals surface area contributed by atoms with Gasteiger partial charge >= 0.3 is 10.2 Å². The summed E-state index contributed by atoms with van der Waals surface area (Å²) in [4.78, 5) is 0. The quantitative estimate of drug-likeness (QED) is 0.648. The number of ether oxygens (including phenoxy) is 1. The van der Waals surface area contributed by atoms with Gasteiger partial charge in [0.05, 0.1) is 12.7 Å². The number of morpholine rings is 1. The number of nitrogens with one attached hydrogen (secondary N) is 1. The Kier molecular flexibility index (Phi) is 5.00. The van der Waals surface area contributed by atoms with E-state index in [0.29, 0.717) is 19.7 Å². The molecule has 0 bridgehead atoms. The highest BCUT2D eigenvalue weighted by molar-refractivity contribution is 7.86. The van der Waals surface area contributed by atoms with Gasteiger partial charge in [-0.05, 0) is 0 Å². The van der Waals surface area contributed by atoms with Crippen molar-refractivity contribution in [1.29, 1.82) is 0 Å². The lowest BCUT2D eigenvalue weighted by Gasteiger charge is -2.21. The van der Waals surface area contributed by atoms with E-state index in [1.54, 1.807) is 0 Å². The van der Waals surface area contributed by atoms with Gasteiger partial charge in [0.2, 0.25) is 0 Å². The molecule has 0 spiro atoms. The van der Waals surface area contributed by atoms with Crippen LogP contribution in [-0.2, 0) is 15.0 Å². The first-order valence-electron chi connectivity index (χ1n) is 3.32. The summed E-state index contributed by atoms with van der Waals surface area (Å²) in [7, 11) is -4.39. The van der Waals surface area contributed by atoms with Crippen LogP contribution in [0.2, 0.25) is 0 Å². The van der Waals surface area contributed by atoms with E-state index in [2.05, 4.69) is 5.32 Å². The van der Waals surface area contributed by atoms with E-state index in [0.717, 1.165) is 0 Å². The molecule has 12 heavy (non-hydrogen) atoms. The standard InChI is InChI=1S/C5H10FNO3S.ClH/c6-11(8,9)4-5-3-7-1-2-10-5;/h5,7H,1-4H2;1H. The molecule has 1 unspecified atom stereocenters. The molecule has 0 aromatic rings. The Morgan fingerprint density at radius 2 is 2.25 bits per heavy atom. The molecular weight excluding hydrogens is 209 g/mol. The summed E-state index contributed by atoms with van der Waals surface area (Å²) >= 11 is 0. The van der Waals surface area contributed by atoms with Crippen LogP contribution in [0.4, 0.5) is 3.89 Å². The van der Waals surface area contributed by atoms with Gasteiger partial charge in [-0.3, -0.25) is 0 Å². The Hall–Kier alpha value is 0.0900. The van der Waals surface area contributed by atoms with Crippen molar-refractivity contribution in [2.45, 2.75) is 6.10 Å². The first-order valence-corrected chi connectivity index (χ1v) is 4.88. The molecule has 0 aromatic carbocycles. The molecule has 1 rings (SSSR count). The van der Waals surface area contributed by atoms with Gasteiger partial charge in [-0.1, -0.05) is 0 Å². The zero-order valence-corrected chi connectivity index (χ0v) is 7.96. The van der Waals surface area contributed by atoms with Crippen LogP contribution in [0.5, 0.6) is 0 Å².